The predicted octanol–water partition coefficient (Wildman–Crippen LogP) is 6.19. The van der Waals surface area contributed by atoms with Gasteiger partial charge in [0, 0.05) is 30.1 Å². The molecular weight excluding hydrogens is 680 g/mol. The lowest BCUT2D eigenvalue weighted by Crippen LogP contribution is -2.63. The van der Waals surface area contributed by atoms with Crippen molar-refractivity contribution in [3.63, 3.8) is 0 Å². The van der Waals surface area contributed by atoms with E-state index in [2.05, 4.69) is 20.8 Å². The van der Waals surface area contributed by atoms with Gasteiger partial charge in [-0.2, -0.15) is 0 Å². The van der Waals surface area contributed by atoms with Crippen LogP contribution in [0.4, 0.5) is 0 Å². The average Bonchev–Trinajstić information content (AvgIpc) is 3.47. The monoisotopic (exact) mass is 750 g/mol. The van der Waals surface area contributed by atoms with E-state index in [4.69, 9.17) is 23.7 Å². The maximum absolute atomic E-state index is 14.4. The summed E-state index contributed by atoms with van der Waals surface area (Å²) in [6.45, 7) is 19.6. The minimum atomic E-state index is -1.37. The van der Waals surface area contributed by atoms with Gasteiger partial charge in [-0.3, -0.25) is 9.59 Å². The largest absolute Gasteiger partial charge is 0.481 e. The molecular formula is C42H70O11. The van der Waals surface area contributed by atoms with Gasteiger partial charge < -0.3 is 44.1 Å². The second-order valence-corrected chi connectivity index (χ2v) is 17.9. The van der Waals surface area contributed by atoms with E-state index >= 15 is 0 Å². The summed E-state index contributed by atoms with van der Waals surface area (Å²) in [7, 11) is 0. The Morgan fingerprint density at radius 1 is 0.887 bits per heavy atom. The molecule has 5 heterocycles. The molecule has 2 spiro atoms. The van der Waals surface area contributed by atoms with Gasteiger partial charge in [0.15, 0.2) is 5.79 Å². The van der Waals surface area contributed by atoms with Gasteiger partial charge in [-0.05, 0) is 95.6 Å². The first kappa shape index (κ1) is 42.7. The molecule has 53 heavy (non-hydrogen) atoms. The van der Waals surface area contributed by atoms with Crippen molar-refractivity contribution < 1.29 is 53.7 Å². The molecule has 0 amide bonds. The lowest BCUT2D eigenvalue weighted by atomic mass is 9.72. The molecule has 11 heteroatoms. The Labute approximate surface area is 317 Å². The molecule has 0 saturated carbocycles. The van der Waals surface area contributed by atoms with E-state index in [1.807, 2.05) is 41.5 Å². The smallest absolute Gasteiger partial charge is 0.309 e. The van der Waals surface area contributed by atoms with Gasteiger partial charge in [0.25, 0.3) is 0 Å². The van der Waals surface area contributed by atoms with Crippen LogP contribution < -0.4 is 0 Å². The van der Waals surface area contributed by atoms with Gasteiger partial charge in [0.05, 0.1) is 53.7 Å². The van der Waals surface area contributed by atoms with Crippen LogP contribution in [-0.2, 0) is 33.3 Å². The first-order chi connectivity index (χ1) is 24.8. The van der Waals surface area contributed by atoms with Crippen molar-refractivity contribution in [3.8, 4) is 0 Å². The number of carboxylic acid groups (broad SMARTS) is 1. The second-order valence-electron chi connectivity index (χ2n) is 17.9. The number of Topliss-reactive ketones (excluding diaryl/α,β-unsaturated/α-hetero) is 1. The number of ether oxygens (including phenoxy) is 5. The van der Waals surface area contributed by atoms with Crippen molar-refractivity contribution in [1.29, 1.82) is 0 Å². The Hall–Kier alpha value is -1.44. The van der Waals surface area contributed by atoms with Crippen molar-refractivity contribution in [2.24, 2.45) is 41.4 Å². The molecule has 4 fully saturated rings. The van der Waals surface area contributed by atoms with E-state index in [0.717, 1.165) is 6.42 Å². The third kappa shape index (κ3) is 7.94. The van der Waals surface area contributed by atoms with Crippen LogP contribution in [0, 0.1) is 41.4 Å². The van der Waals surface area contributed by atoms with Crippen molar-refractivity contribution in [2.75, 3.05) is 0 Å². The molecule has 0 radical (unpaired) electrons. The number of hydrogen-bond acceptors (Lipinski definition) is 10. The number of hydrogen-bond donors (Lipinski definition) is 4. The Bertz CT molecular complexity index is 1320. The van der Waals surface area contributed by atoms with Gasteiger partial charge in [-0.1, -0.05) is 55.4 Å². The number of carbonyl (C=O) groups is 2. The molecule has 304 valence electrons. The van der Waals surface area contributed by atoms with Gasteiger partial charge in [0.2, 0.25) is 5.79 Å². The van der Waals surface area contributed by atoms with Crippen LogP contribution in [0.25, 0.3) is 0 Å². The van der Waals surface area contributed by atoms with E-state index in [-0.39, 0.29) is 41.8 Å². The Balaban J connectivity index is 1.31. The highest BCUT2D eigenvalue weighted by Crippen LogP contribution is 2.54. The Kier molecular flexibility index (Phi) is 13.0. The fourth-order valence-electron chi connectivity index (χ4n) is 10.5. The highest BCUT2D eigenvalue weighted by atomic mass is 16.8. The third-order valence-corrected chi connectivity index (χ3v) is 14.4. The average molecular weight is 751 g/mol. The summed E-state index contributed by atoms with van der Waals surface area (Å²) in [5.74, 6) is -5.78. The predicted molar refractivity (Wildman–Crippen MR) is 199 cm³/mol. The van der Waals surface area contributed by atoms with Crippen LogP contribution in [0.1, 0.15) is 133 Å². The van der Waals surface area contributed by atoms with Crippen LogP contribution in [0.3, 0.4) is 0 Å². The Morgan fingerprint density at radius 2 is 1.57 bits per heavy atom. The molecule has 0 aromatic carbocycles. The maximum atomic E-state index is 14.4. The van der Waals surface area contributed by atoms with Gasteiger partial charge >= 0.3 is 5.97 Å². The van der Waals surface area contributed by atoms with Gasteiger partial charge in [0.1, 0.15) is 11.9 Å². The summed E-state index contributed by atoms with van der Waals surface area (Å²) in [6, 6.07) is 0. The maximum Gasteiger partial charge on any atom is 0.309 e. The van der Waals surface area contributed by atoms with Crippen molar-refractivity contribution in [1.82, 2.24) is 0 Å². The topological polar surface area (TPSA) is 161 Å². The minimum Gasteiger partial charge on any atom is -0.481 e. The zero-order valence-corrected chi connectivity index (χ0v) is 34.0. The number of rotatable bonds is 12. The zero-order chi connectivity index (χ0) is 39.3. The number of aliphatic hydroxyl groups excluding tert-OH is 2. The molecule has 0 aromatic rings. The molecule has 5 aliphatic rings. The highest BCUT2D eigenvalue weighted by molar-refractivity contribution is 5.84. The molecule has 0 unspecified atom stereocenters. The van der Waals surface area contributed by atoms with E-state index < -0.39 is 76.8 Å². The van der Waals surface area contributed by atoms with E-state index in [0.29, 0.717) is 57.8 Å². The molecule has 5 aliphatic heterocycles. The van der Waals surface area contributed by atoms with Crippen molar-refractivity contribution in [3.05, 3.63) is 12.2 Å². The highest BCUT2D eigenvalue weighted by Gasteiger charge is 2.63. The van der Waals surface area contributed by atoms with Crippen LogP contribution in [0.15, 0.2) is 12.2 Å². The molecule has 5 rings (SSSR count). The number of carboxylic acids is 1. The molecule has 0 aromatic heterocycles. The van der Waals surface area contributed by atoms with Crippen LogP contribution >= 0.6 is 0 Å². The van der Waals surface area contributed by atoms with Gasteiger partial charge in [-0.15, -0.1) is 0 Å². The van der Waals surface area contributed by atoms with Crippen molar-refractivity contribution in [2.45, 2.75) is 199 Å². The van der Waals surface area contributed by atoms with Crippen LogP contribution in [-0.4, -0.2) is 97.7 Å². The fourth-order valence-corrected chi connectivity index (χ4v) is 10.5. The molecule has 11 nitrogen and oxygen atoms in total. The summed E-state index contributed by atoms with van der Waals surface area (Å²) in [5.41, 5.74) is -1.63. The summed E-state index contributed by atoms with van der Waals surface area (Å²) in [5, 5.41) is 44.0. The summed E-state index contributed by atoms with van der Waals surface area (Å²) >= 11 is 0. The number of aliphatic hydroxyl groups is 3. The van der Waals surface area contributed by atoms with E-state index in [9.17, 15) is 30.0 Å². The third-order valence-electron chi connectivity index (χ3n) is 14.4. The molecule has 4 saturated heterocycles. The summed E-state index contributed by atoms with van der Waals surface area (Å²) in [4.78, 5) is 26.4. The summed E-state index contributed by atoms with van der Waals surface area (Å²) < 4.78 is 33.5. The van der Waals surface area contributed by atoms with Crippen LogP contribution in [0.2, 0.25) is 0 Å². The zero-order valence-electron chi connectivity index (χ0n) is 34.0. The van der Waals surface area contributed by atoms with Gasteiger partial charge in [-0.25, -0.2) is 0 Å². The minimum absolute atomic E-state index is 0.0137. The standard InChI is InChI=1S/C42H70O11/c1-11-29(38(46)47)31-15-14-23(4)36(50-31)27(8)34(44)26(7)35(45)30(12-2)37-24(5)22-25(6)41(51-37)19-16-32(43)42(53-41)21-20-39(10,52-42)33-17-18-40(48,13-3)28(9)49-33/h16,19,23-34,36-37,43-44,48H,11-15,17-18,20-22H2,1-10H3,(H,46,47)/t23-,24+,25+,26-,27+,28-,29-,30-,31-,32-,33-,34+,36+,37+,39+,40+,41-,42-/m0/s1. The van der Waals surface area contributed by atoms with E-state index in [1.54, 1.807) is 19.1 Å². The molecule has 4 N–H and O–H groups in total. The quantitative estimate of drug-likeness (QED) is 0.169. The fraction of sp³-hybridized carbons (Fsp3) is 0.905. The SMILES string of the molecule is CC[C@H](C(=O)O)[C@@H]1CC[C@H](C)[C@H]([C@H](C)[C@H](O)[C@H](C)C(=O)[C@H](CC)[C@@H]2O[C@]3(C=C[C@H](O)[C@]4(CC[C@](C)([C@@H]5CC[C@](O)(CC)[C@H](C)O5)O4)O3)[C@H](C)C[C@H]2C)O1. The number of ketones is 1. The number of carbonyl (C=O) groups excluding carboxylic acids is 1. The molecule has 0 aliphatic carbocycles. The lowest BCUT2D eigenvalue weighted by molar-refractivity contribution is -0.409. The molecule has 18 atom stereocenters. The van der Waals surface area contributed by atoms with E-state index in [1.165, 1.54) is 0 Å². The second kappa shape index (κ2) is 16.2. The summed E-state index contributed by atoms with van der Waals surface area (Å²) in [6.07, 6.45) is 5.51. The normalized spacial score (nSPS) is 46.2. The Morgan fingerprint density at radius 3 is 2.17 bits per heavy atom. The van der Waals surface area contributed by atoms with Crippen molar-refractivity contribution >= 4 is 11.8 Å². The first-order valence-corrected chi connectivity index (χ1v) is 20.7. The molecule has 0 bridgehead atoms. The number of aliphatic carboxylic acids is 1. The lowest BCUT2D eigenvalue weighted by Gasteiger charge is -2.54. The first-order valence-electron chi connectivity index (χ1n) is 20.7. The van der Waals surface area contributed by atoms with Crippen LogP contribution in [0.5, 0.6) is 0 Å².